The summed E-state index contributed by atoms with van der Waals surface area (Å²) in [4.78, 5) is 25.1. The van der Waals surface area contributed by atoms with Crippen molar-refractivity contribution in [2.45, 2.75) is 38.0 Å². The lowest BCUT2D eigenvalue weighted by atomic mass is 9.84. The number of rotatable bonds is 6. The van der Waals surface area contributed by atoms with Crippen LogP contribution in [0.15, 0.2) is 42.0 Å². The molecule has 1 aliphatic carbocycles. The summed E-state index contributed by atoms with van der Waals surface area (Å²) >= 11 is 1.22. The highest BCUT2D eigenvalue weighted by Gasteiger charge is 2.19. The molecule has 8 heteroatoms. The first-order valence-corrected chi connectivity index (χ1v) is 10.2. The van der Waals surface area contributed by atoms with Crippen LogP contribution in [0.4, 0.5) is 0 Å². The Bertz CT molecular complexity index is 944. The third-order valence-electron chi connectivity index (χ3n) is 5.07. The Hall–Kier alpha value is -2.87. The molecule has 0 atom stereocenters. The molecule has 1 aliphatic rings. The number of hydrogen-bond acceptors (Lipinski definition) is 7. The average molecular weight is 396 g/mol. The van der Waals surface area contributed by atoms with Gasteiger partial charge in [-0.05, 0) is 46.2 Å². The van der Waals surface area contributed by atoms with Crippen LogP contribution in [0.5, 0.6) is 0 Å². The maximum Gasteiger partial charge on any atom is 0.351 e. The standard InChI is InChI=1S/C20H20N4O3S/c25-18(16-8-6-15(7-9-16)14-4-2-1-3-5-14)12-27-20(26)19-17(10-11-28-19)24-13-21-22-23-24/h6-11,13-14H,1-5,12H2. The summed E-state index contributed by atoms with van der Waals surface area (Å²) in [6.45, 7) is -0.297. The molecule has 0 radical (unpaired) electrons. The second-order valence-corrected chi connectivity index (χ2v) is 7.76. The predicted octanol–water partition coefficient (Wildman–Crippen LogP) is 3.81. The van der Waals surface area contributed by atoms with Crippen molar-refractivity contribution in [2.75, 3.05) is 6.61 Å². The number of nitrogens with zero attached hydrogens (tertiary/aromatic N) is 4. The van der Waals surface area contributed by atoms with Gasteiger partial charge >= 0.3 is 5.97 Å². The maximum atomic E-state index is 12.4. The molecule has 28 heavy (non-hydrogen) atoms. The Kier molecular flexibility index (Phi) is 5.57. The summed E-state index contributed by atoms with van der Waals surface area (Å²) in [6.07, 6.45) is 7.70. The molecule has 2 heterocycles. The Morgan fingerprint density at radius 3 is 2.61 bits per heavy atom. The zero-order valence-corrected chi connectivity index (χ0v) is 16.1. The number of thiophene rings is 1. The van der Waals surface area contributed by atoms with Crippen molar-refractivity contribution in [3.05, 3.63) is 58.0 Å². The topological polar surface area (TPSA) is 87.0 Å². The van der Waals surface area contributed by atoms with Gasteiger partial charge in [0.05, 0.1) is 5.69 Å². The number of carbonyl (C=O) groups excluding carboxylic acids is 2. The molecule has 0 N–H and O–H groups in total. The van der Waals surface area contributed by atoms with Crippen molar-refractivity contribution in [2.24, 2.45) is 0 Å². The number of esters is 1. The lowest BCUT2D eigenvalue weighted by Gasteiger charge is -2.22. The van der Waals surface area contributed by atoms with Gasteiger partial charge in [-0.15, -0.1) is 16.4 Å². The minimum atomic E-state index is -0.562. The number of Topliss-reactive ketones (excluding diaryl/α,β-unsaturated/α-hetero) is 1. The Balaban J connectivity index is 1.37. The summed E-state index contributed by atoms with van der Waals surface area (Å²) in [6, 6.07) is 9.44. The van der Waals surface area contributed by atoms with Crippen LogP contribution >= 0.6 is 11.3 Å². The fourth-order valence-electron chi connectivity index (χ4n) is 3.56. The SMILES string of the molecule is O=C(COC(=O)c1sccc1-n1cnnn1)c1ccc(C2CCCCC2)cc1. The largest absolute Gasteiger partial charge is 0.453 e. The van der Waals surface area contributed by atoms with Gasteiger partial charge in [-0.3, -0.25) is 4.79 Å². The van der Waals surface area contributed by atoms with E-state index in [4.69, 9.17) is 4.74 Å². The van der Waals surface area contributed by atoms with E-state index in [2.05, 4.69) is 15.5 Å². The molecular formula is C20H20N4O3S. The van der Waals surface area contributed by atoms with Crippen molar-refractivity contribution in [1.82, 2.24) is 20.2 Å². The Morgan fingerprint density at radius 2 is 1.89 bits per heavy atom. The zero-order chi connectivity index (χ0) is 19.3. The molecule has 7 nitrogen and oxygen atoms in total. The summed E-state index contributed by atoms with van der Waals surface area (Å²) in [5.41, 5.74) is 2.38. The van der Waals surface area contributed by atoms with Gasteiger partial charge in [-0.25, -0.2) is 4.79 Å². The first-order chi connectivity index (χ1) is 13.7. The average Bonchev–Trinajstić information content (AvgIpc) is 3.44. The van der Waals surface area contributed by atoms with Gasteiger partial charge < -0.3 is 4.74 Å². The van der Waals surface area contributed by atoms with E-state index in [0.29, 0.717) is 22.0 Å². The van der Waals surface area contributed by atoms with Crippen LogP contribution in [0.1, 0.15) is 63.6 Å². The molecule has 1 saturated carbocycles. The zero-order valence-electron chi connectivity index (χ0n) is 15.3. The molecule has 0 amide bonds. The van der Waals surface area contributed by atoms with E-state index in [-0.39, 0.29) is 12.4 Å². The number of ketones is 1. The summed E-state index contributed by atoms with van der Waals surface area (Å²) in [7, 11) is 0. The highest BCUT2D eigenvalue weighted by molar-refractivity contribution is 7.12. The molecule has 2 aromatic heterocycles. The van der Waals surface area contributed by atoms with E-state index in [1.165, 1.54) is 60.0 Å². The fraction of sp³-hybridized carbons (Fsp3) is 0.350. The van der Waals surface area contributed by atoms with E-state index < -0.39 is 5.97 Å². The summed E-state index contributed by atoms with van der Waals surface area (Å²) in [5, 5.41) is 12.7. The Labute approximate surface area is 166 Å². The molecule has 0 bridgehead atoms. The summed E-state index contributed by atoms with van der Waals surface area (Å²) < 4.78 is 6.62. The monoisotopic (exact) mass is 396 g/mol. The molecule has 0 spiro atoms. The quantitative estimate of drug-likeness (QED) is 0.465. The van der Waals surface area contributed by atoms with E-state index >= 15 is 0 Å². The van der Waals surface area contributed by atoms with E-state index in [1.807, 2.05) is 24.3 Å². The molecule has 4 rings (SSSR count). The van der Waals surface area contributed by atoms with Crippen molar-refractivity contribution < 1.29 is 14.3 Å². The highest BCUT2D eigenvalue weighted by atomic mass is 32.1. The minimum absolute atomic E-state index is 0.218. The van der Waals surface area contributed by atoms with Crippen LogP contribution in [-0.4, -0.2) is 38.6 Å². The Morgan fingerprint density at radius 1 is 1.11 bits per heavy atom. The molecular weight excluding hydrogens is 376 g/mol. The number of aromatic nitrogens is 4. The number of carbonyl (C=O) groups is 2. The van der Waals surface area contributed by atoms with Crippen molar-refractivity contribution in [1.29, 1.82) is 0 Å². The molecule has 144 valence electrons. The lowest BCUT2D eigenvalue weighted by Crippen LogP contribution is -2.15. The van der Waals surface area contributed by atoms with Crippen LogP contribution in [0.2, 0.25) is 0 Å². The van der Waals surface area contributed by atoms with Gasteiger partial charge in [-0.2, -0.15) is 4.68 Å². The third kappa shape index (κ3) is 4.01. The predicted molar refractivity (Wildman–Crippen MR) is 104 cm³/mol. The highest BCUT2D eigenvalue weighted by Crippen LogP contribution is 2.32. The van der Waals surface area contributed by atoms with Gasteiger partial charge in [0, 0.05) is 5.56 Å². The smallest absolute Gasteiger partial charge is 0.351 e. The maximum absolute atomic E-state index is 12.4. The van der Waals surface area contributed by atoms with Crippen LogP contribution in [0, 0.1) is 0 Å². The number of benzene rings is 1. The molecule has 0 aliphatic heterocycles. The van der Waals surface area contributed by atoms with E-state index in [9.17, 15) is 9.59 Å². The van der Waals surface area contributed by atoms with Crippen LogP contribution in [-0.2, 0) is 4.74 Å². The van der Waals surface area contributed by atoms with Gasteiger partial charge in [0.25, 0.3) is 0 Å². The second kappa shape index (κ2) is 8.43. The van der Waals surface area contributed by atoms with Crippen LogP contribution < -0.4 is 0 Å². The van der Waals surface area contributed by atoms with E-state index in [0.717, 1.165) is 0 Å². The van der Waals surface area contributed by atoms with Crippen molar-refractivity contribution in [3.8, 4) is 5.69 Å². The normalized spacial score (nSPS) is 14.7. The molecule has 1 aromatic carbocycles. The van der Waals surface area contributed by atoms with Crippen molar-refractivity contribution in [3.63, 3.8) is 0 Å². The van der Waals surface area contributed by atoms with Gasteiger partial charge in [-0.1, -0.05) is 43.5 Å². The molecule has 1 fully saturated rings. The third-order valence-corrected chi connectivity index (χ3v) is 5.95. The first-order valence-electron chi connectivity index (χ1n) is 9.33. The van der Waals surface area contributed by atoms with Crippen LogP contribution in [0.25, 0.3) is 5.69 Å². The fourth-order valence-corrected chi connectivity index (χ4v) is 4.33. The van der Waals surface area contributed by atoms with Crippen LogP contribution in [0.3, 0.4) is 0 Å². The molecule has 3 aromatic rings. The lowest BCUT2D eigenvalue weighted by molar-refractivity contribution is 0.0479. The van der Waals surface area contributed by atoms with E-state index in [1.54, 1.807) is 11.4 Å². The minimum Gasteiger partial charge on any atom is -0.453 e. The number of ether oxygens (including phenoxy) is 1. The number of tetrazole rings is 1. The number of hydrogen-bond donors (Lipinski definition) is 0. The second-order valence-electron chi connectivity index (χ2n) is 6.85. The van der Waals surface area contributed by atoms with Gasteiger partial charge in [0.1, 0.15) is 11.2 Å². The molecule has 0 unspecified atom stereocenters. The molecule has 0 saturated heterocycles. The first kappa shape index (κ1) is 18.5. The van der Waals surface area contributed by atoms with Crippen molar-refractivity contribution >= 4 is 23.1 Å². The summed E-state index contributed by atoms with van der Waals surface area (Å²) in [5.74, 6) is -0.184. The van der Waals surface area contributed by atoms with Gasteiger partial charge in [0.2, 0.25) is 0 Å². The van der Waals surface area contributed by atoms with Gasteiger partial charge in [0.15, 0.2) is 12.4 Å².